The molecule has 0 aliphatic heterocycles. The summed E-state index contributed by atoms with van der Waals surface area (Å²) in [5.74, 6) is -1.30. The zero-order valence-electron chi connectivity index (χ0n) is 22.3. The third kappa shape index (κ3) is 6.83. The van der Waals surface area contributed by atoms with Gasteiger partial charge in [0, 0.05) is 19.4 Å². The Hall–Kier alpha value is -5.31. The molecule has 0 aliphatic carbocycles. The Morgan fingerprint density at radius 3 is 2.17 bits per heavy atom. The SMILES string of the molecule is NC(=O)N(C(=O)CCc1ccc2ccccc2c1)C(Cc1ccccc1)c1nc(C(=O)NCc2ccccc2)no1. The molecule has 1 aromatic heterocycles. The molecule has 9 heteroatoms. The highest BCUT2D eigenvalue weighted by atomic mass is 16.5. The highest BCUT2D eigenvalue weighted by Crippen LogP contribution is 2.26. The van der Waals surface area contributed by atoms with Gasteiger partial charge < -0.3 is 15.6 Å². The van der Waals surface area contributed by atoms with Gasteiger partial charge in [0.25, 0.3) is 17.6 Å². The van der Waals surface area contributed by atoms with Gasteiger partial charge in [-0.25, -0.2) is 4.79 Å². The highest BCUT2D eigenvalue weighted by molar-refractivity contribution is 5.94. The molecule has 0 aliphatic rings. The predicted molar refractivity (Wildman–Crippen MR) is 153 cm³/mol. The third-order valence-electron chi connectivity index (χ3n) is 6.76. The minimum Gasteiger partial charge on any atom is -0.351 e. The zero-order valence-corrected chi connectivity index (χ0v) is 22.3. The molecule has 5 rings (SSSR count). The molecule has 41 heavy (non-hydrogen) atoms. The van der Waals surface area contributed by atoms with Crippen LogP contribution in [0.1, 0.15) is 45.7 Å². The van der Waals surface area contributed by atoms with Crippen molar-refractivity contribution in [3.63, 3.8) is 0 Å². The zero-order chi connectivity index (χ0) is 28.6. The van der Waals surface area contributed by atoms with Crippen LogP contribution in [0.15, 0.2) is 108 Å². The van der Waals surface area contributed by atoms with Crippen molar-refractivity contribution in [1.29, 1.82) is 0 Å². The summed E-state index contributed by atoms with van der Waals surface area (Å²) in [4.78, 5) is 44.1. The first-order valence-corrected chi connectivity index (χ1v) is 13.3. The number of fused-ring (bicyclic) bond motifs is 1. The van der Waals surface area contributed by atoms with Crippen molar-refractivity contribution in [3.05, 3.63) is 132 Å². The van der Waals surface area contributed by atoms with Crippen molar-refractivity contribution in [2.75, 3.05) is 0 Å². The van der Waals surface area contributed by atoms with Crippen molar-refractivity contribution < 1.29 is 18.9 Å². The Labute approximate surface area is 237 Å². The minimum absolute atomic E-state index is 0.0329. The van der Waals surface area contributed by atoms with Gasteiger partial charge in [-0.2, -0.15) is 4.98 Å². The molecule has 0 saturated heterocycles. The fraction of sp³-hybridized carbons (Fsp3) is 0.156. The van der Waals surface area contributed by atoms with Gasteiger partial charge in [0.1, 0.15) is 6.04 Å². The summed E-state index contributed by atoms with van der Waals surface area (Å²) in [6.45, 7) is 0.275. The fourth-order valence-electron chi connectivity index (χ4n) is 4.66. The van der Waals surface area contributed by atoms with Crippen LogP contribution in [0.25, 0.3) is 10.8 Å². The summed E-state index contributed by atoms with van der Waals surface area (Å²) in [6.07, 6.45) is 0.617. The van der Waals surface area contributed by atoms with Crippen LogP contribution in [0.2, 0.25) is 0 Å². The third-order valence-corrected chi connectivity index (χ3v) is 6.76. The van der Waals surface area contributed by atoms with Gasteiger partial charge in [-0.1, -0.05) is 108 Å². The Morgan fingerprint density at radius 2 is 1.46 bits per heavy atom. The van der Waals surface area contributed by atoms with Gasteiger partial charge in [-0.15, -0.1) is 0 Å². The predicted octanol–water partition coefficient (Wildman–Crippen LogP) is 4.98. The van der Waals surface area contributed by atoms with Crippen LogP contribution in [0.4, 0.5) is 4.79 Å². The van der Waals surface area contributed by atoms with Crippen LogP contribution in [-0.4, -0.2) is 32.9 Å². The number of imide groups is 1. The lowest BCUT2D eigenvalue weighted by Crippen LogP contribution is -2.44. The quantitative estimate of drug-likeness (QED) is 0.254. The van der Waals surface area contributed by atoms with E-state index in [-0.39, 0.29) is 31.1 Å². The van der Waals surface area contributed by atoms with E-state index in [0.717, 1.165) is 32.4 Å². The Morgan fingerprint density at radius 1 is 0.805 bits per heavy atom. The molecule has 1 heterocycles. The standard InChI is InChI=1S/C32H29N5O4/c33-32(40)37(28(38)18-16-23-15-17-25-13-7-8-14-26(25)19-23)27(20-22-9-3-1-4-10-22)31-35-29(36-41-31)30(39)34-21-24-11-5-2-6-12-24/h1-15,17,19,27H,16,18,20-21H2,(H2,33,40)(H,34,39). The van der Waals surface area contributed by atoms with Crippen molar-refractivity contribution in [1.82, 2.24) is 20.4 Å². The molecular formula is C32H29N5O4. The number of nitrogens with zero attached hydrogens (tertiary/aromatic N) is 3. The molecule has 1 atom stereocenters. The number of carbonyl (C=O) groups excluding carboxylic acids is 3. The molecule has 4 aromatic carbocycles. The molecule has 1 unspecified atom stereocenters. The molecular weight excluding hydrogens is 518 g/mol. The number of nitrogens with one attached hydrogen (secondary N) is 1. The van der Waals surface area contributed by atoms with Crippen LogP contribution in [0, 0.1) is 0 Å². The smallest absolute Gasteiger partial charge is 0.322 e. The molecule has 4 amide bonds. The van der Waals surface area contributed by atoms with E-state index >= 15 is 0 Å². The molecule has 0 bridgehead atoms. The molecule has 9 nitrogen and oxygen atoms in total. The van der Waals surface area contributed by atoms with Crippen LogP contribution < -0.4 is 11.1 Å². The summed E-state index contributed by atoms with van der Waals surface area (Å²) in [6, 6.07) is 30.7. The second-order valence-corrected chi connectivity index (χ2v) is 9.61. The van der Waals surface area contributed by atoms with Crippen LogP contribution in [0.5, 0.6) is 0 Å². The Balaban J connectivity index is 1.36. The van der Waals surface area contributed by atoms with Crippen molar-refractivity contribution >= 4 is 28.6 Å². The first kappa shape index (κ1) is 27.3. The number of amides is 4. The molecule has 3 N–H and O–H groups in total. The number of aryl methyl sites for hydroxylation is 1. The molecule has 0 radical (unpaired) electrons. The molecule has 206 valence electrons. The summed E-state index contributed by atoms with van der Waals surface area (Å²) in [5.41, 5.74) is 8.43. The average molecular weight is 548 g/mol. The lowest BCUT2D eigenvalue weighted by molar-refractivity contribution is -0.130. The van der Waals surface area contributed by atoms with Gasteiger partial charge in [0.15, 0.2) is 0 Å². The number of hydrogen-bond acceptors (Lipinski definition) is 6. The topological polar surface area (TPSA) is 131 Å². The van der Waals surface area contributed by atoms with Gasteiger partial charge in [-0.3, -0.25) is 14.5 Å². The molecule has 0 spiro atoms. The Kier molecular flexibility index (Phi) is 8.44. The van der Waals surface area contributed by atoms with Gasteiger partial charge in [-0.05, 0) is 33.9 Å². The van der Waals surface area contributed by atoms with Crippen LogP contribution >= 0.6 is 0 Å². The van der Waals surface area contributed by atoms with Gasteiger partial charge in [0.2, 0.25) is 5.91 Å². The maximum Gasteiger partial charge on any atom is 0.322 e. The first-order chi connectivity index (χ1) is 20.0. The maximum atomic E-state index is 13.5. The average Bonchev–Trinajstić information content (AvgIpc) is 3.50. The number of urea groups is 1. The molecule has 0 fully saturated rings. The fourth-order valence-corrected chi connectivity index (χ4v) is 4.66. The van der Waals surface area contributed by atoms with E-state index in [1.165, 1.54) is 0 Å². The van der Waals surface area contributed by atoms with Crippen molar-refractivity contribution in [2.24, 2.45) is 5.73 Å². The number of benzene rings is 4. The van der Waals surface area contributed by atoms with E-state index in [1.807, 2.05) is 103 Å². The summed E-state index contributed by atoms with van der Waals surface area (Å²) in [7, 11) is 0. The second kappa shape index (κ2) is 12.7. The molecule has 0 saturated carbocycles. The second-order valence-electron chi connectivity index (χ2n) is 9.61. The lowest BCUT2D eigenvalue weighted by Gasteiger charge is -2.26. The van der Waals surface area contributed by atoms with E-state index in [0.29, 0.717) is 6.42 Å². The lowest BCUT2D eigenvalue weighted by atomic mass is 10.0. The van der Waals surface area contributed by atoms with Gasteiger partial charge >= 0.3 is 6.03 Å². The summed E-state index contributed by atoms with van der Waals surface area (Å²) in [5, 5.41) is 8.74. The summed E-state index contributed by atoms with van der Waals surface area (Å²) >= 11 is 0. The van der Waals surface area contributed by atoms with E-state index < -0.39 is 23.9 Å². The highest BCUT2D eigenvalue weighted by Gasteiger charge is 2.34. The van der Waals surface area contributed by atoms with E-state index in [1.54, 1.807) is 0 Å². The van der Waals surface area contributed by atoms with Crippen molar-refractivity contribution in [2.45, 2.75) is 31.8 Å². The number of nitrogens with two attached hydrogens (primary N) is 1. The van der Waals surface area contributed by atoms with E-state index in [9.17, 15) is 14.4 Å². The number of aromatic nitrogens is 2. The minimum atomic E-state index is -0.998. The number of carbonyl (C=O) groups is 3. The number of hydrogen-bond donors (Lipinski definition) is 2. The Bertz CT molecular complexity index is 1650. The normalized spacial score (nSPS) is 11.6. The number of rotatable bonds is 10. The number of primary amides is 1. The molecule has 5 aromatic rings. The first-order valence-electron chi connectivity index (χ1n) is 13.3. The van der Waals surface area contributed by atoms with Gasteiger partial charge in [0.05, 0.1) is 0 Å². The maximum absolute atomic E-state index is 13.5. The van der Waals surface area contributed by atoms with Crippen LogP contribution in [0.3, 0.4) is 0 Å². The summed E-state index contributed by atoms with van der Waals surface area (Å²) < 4.78 is 5.44. The largest absolute Gasteiger partial charge is 0.351 e. The van der Waals surface area contributed by atoms with Crippen LogP contribution in [-0.2, 0) is 24.2 Å². The van der Waals surface area contributed by atoms with E-state index in [2.05, 4.69) is 15.5 Å². The van der Waals surface area contributed by atoms with Crippen molar-refractivity contribution in [3.8, 4) is 0 Å². The monoisotopic (exact) mass is 547 g/mol. The van der Waals surface area contributed by atoms with E-state index in [4.69, 9.17) is 10.3 Å².